The molecule has 2 aromatic carbocycles. The predicted molar refractivity (Wildman–Crippen MR) is 89.0 cm³/mol. The maximum Gasteiger partial charge on any atom is -0.0120 e. The third-order valence-electron chi connectivity index (χ3n) is 3.89. The van der Waals surface area contributed by atoms with E-state index in [4.69, 9.17) is 0 Å². The van der Waals surface area contributed by atoms with Gasteiger partial charge in [-0.1, -0.05) is 79.1 Å². The Bertz CT molecular complexity index is 529. The van der Waals surface area contributed by atoms with Gasteiger partial charge in [-0.3, -0.25) is 0 Å². The Balaban J connectivity index is 2.59. The molecule has 0 N–H and O–H groups in total. The zero-order chi connectivity index (χ0) is 14.5. The molecular formula is C20H24. The summed E-state index contributed by atoms with van der Waals surface area (Å²) >= 11 is 0. The Morgan fingerprint density at radius 3 is 1.30 bits per heavy atom. The van der Waals surface area contributed by atoms with Gasteiger partial charge in [0.15, 0.2) is 0 Å². The van der Waals surface area contributed by atoms with Crippen molar-refractivity contribution in [2.45, 2.75) is 40.5 Å². The Hall–Kier alpha value is -1.82. The average molecular weight is 264 g/mol. The van der Waals surface area contributed by atoms with Crippen LogP contribution < -0.4 is 0 Å². The Kier molecular flexibility index (Phi) is 4.79. The van der Waals surface area contributed by atoms with Crippen LogP contribution in [-0.4, -0.2) is 0 Å². The third-order valence-corrected chi connectivity index (χ3v) is 3.89. The van der Waals surface area contributed by atoms with E-state index in [0.29, 0.717) is 0 Å². The summed E-state index contributed by atoms with van der Waals surface area (Å²) < 4.78 is 0. The smallest absolute Gasteiger partial charge is 0.0120 e. The maximum absolute atomic E-state index is 2.25. The molecule has 0 bridgehead atoms. The first-order valence-electron chi connectivity index (χ1n) is 7.51. The van der Waals surface area contributed by atoms with Gasteiger partial charge < -0.3 is 0 Å². The number of hydrogen-bond acceptors (Lipinski definition) is 0. The molecule has 0 saturated carbocycles. The van der Waals surface area contributed by atoms with Crippen LogP contribution in [-0.2, 0) is 0 Å². The quantitative estimate of drug-likeness (QED) is 0.642. The highest BCUT2D eigenvalue weighted by Crippen LogP contribution is 2.30. The number of allylic oxidation sites excluding steroid dienone is 1. The zero-order valence-electron chi connectivity index (χ0n) is 13.0. The SMILES string of the molecule is CCC(CC)=C(c1ccc(C)cc1)c1ccc(C)cc1. The lowest BCUT2D eigenvalue weighted by atomic mass is 9.90. The first kappa shape index (κ1) is 14.6. The highest BCUT2D eigenvalue weighted by molar-refractivity contribution is 5.82. The van der Waals surface area contributed by atoms with Crippen molar-refractivity contribution in [3.63, 3.8) is 0 Å². The summed E-state index contributed by atoms with van der Waals surface area (Å²) in [7, 11) is 0. The van der Waals surface area contributed by atoms with E-state index in [0.717, 1.165) is 12.8 Å². The molecule has 2 rings (SSSR count). The van der Waals surface area contributed by atoms with Crippen LogP contribution in [0.3, 0.4) is 0 Å². The van der Waals surface area contributed by atoms with Gasteiger partial charge in [-0.05, 0) is 43.4 Å². The van der Waals surface area contributed by atoms with Crippen molar-refractivity contribution in [2.24, 2.45) is 0 Å². The maximum atomic E-state index is 2.25. The molecule has 0 aliphatic rings. The monoisotopic (exact) mass is 264 g/mol. The third kappa shape index (κ3) is 3.19. The highest BCUT2D eigenvalue weighted by Gasteiger charge is 2.09. The molecule has 0 unspecified atom stereocenters. The molecule has 20 heavy (non-hydrogen) atoms. The van der Waals surface area contributed by atoms with Crippen LogP contribution in [0.15, 0.2) is 54.1 Å². The molecule has 0 radical (unpaired) electrons. The van der Waals surface area contributed by atoms with Gasteiger partial charge in [-0.25, -0.2) is 0 Å². The van der Waals surface area contributed by atoms with Crippen LogP contribution in [0.2, 0.25) is 0 Å². The lowest BCUT2D eigenvalue weighted by Crippen LogP contribution is -1.94. The number of aryl methyl sites for hydroxylation is 2. The minimum Gasteiger partial charge on any atom is -0.0623 e. The largest absolute Gasteiger partial charge is 0.0623 e. The van der Waals surface area contributed by atoms with Crippen LogP contribution in [0, 0.1) is 13.8 Å². The normalized spacial score (nSPS) is 10.4. The van der Waals surface area contributed by atoms with E-state index < -0.39 is 0 Å². The number of rotatable bonds is 4. The van der Waals surface area contributed by atoms with Crippen molar-refractivity contribution in [2.75, 3.05) is 0 Å². The first-order valence-corrected chi connectivity index (χ1v) is 7.51. The first-order chi connectivity index (χ1) is 9.65. The van der Waals surface area contributed by atoms with Crippen LogP contribution in [0.5, 0.6) is 0 Å². The molecule has 0 aliphatic carbocycles. The Morgan fingerprint density at radius 1 is 0.650 bits per heavy atom. The molecule has 0 amide bonds. The standard InChI is InChI=1S/C20H24/c1-5-17(6-2)20(18-11-7-15(3)8-12-18)19-13-9-16(4)10-14-19/h7-14H,5-6H2,1-4H3. The van der Waals surface area contributed by atoms with Crippen molar-refractivity contribution in [1.82, 2.24) is 0 Å². The van der Waals surface area contributed by atoms with Crippen LogP contribution in [0.1, 0.15) is 48.9 Å². The summed E-state index contributed by atoms with van der Waals surface area (Å²) in [4.78, 5) is 0. The van der Waals surface area contributed by atoms with Crippen LogP contribution >= 0.6 is 0 Å². The molecule has 0 heterocycles. The molecule has 0 saturated heterocycles. The molecule has 0 heteroatoms. The minimum atomic E-state index is 1.10. The fourth-order valence-electron chi connectivity index (χ4n) is 2.62. The molecule has 104 valence electrons. The van der Waals surface area contributed by atoms with Crippen LogP contribution in [0.4, 0.5) is 0 Å². The van der Waals surface area contributed by atoms with Gasteiger partial charge in [0.1, 0.15) is 0 Å². The van der Waals surface area contributed by atoms with Gasteiger partial charge in [0, 0.05) is 0 Å². The van der Waals surface area contributed by atoms with E-state index in [1.54, 1.807) is 0 Å². The van der Waals surface area contributed by atoms with E-state index in [9.17, 15) is 0 Å². The van der Waals surface area contributed by atoms with Gasteiger partial charge in [-0.2, -0.15) is 0 Å². The molecule has 0 spiro atoms. The summed E-state index contributed by atoms with van der Waals surface area (Å²) in [5.74, 6) is 0. The lowest BCUT2D eigenvalue weighted by Gasteiger charge is -2.15. The van der Waals surface area contributed by atoms with E-state index in [1.807, 2.05) is 0 Å². The van der Waals surface area contributed by atoms with E-state index in [2.05, 4.69) is 76.2 Å². The fraction of sp³-hybridized carbons (Fsp3) is 0.300. The van der Waals surface area contributed by atoms with Gasteiger partial charge in [-0.15, -0.1) is 0 Å². The topological polar surface area (TPSA) is 0 Å². The van der Waals surface area contributed by atoms with Crippen molar-refractivity contribution < 1.29 is 0 Å². The van der Waals surface area contributed by atoms with Gasteiger partial charge in [0.2, 0.25) is 0 Å². The Morgan fingerprint density at radius 2 is 1.00 bits per heavy atom. The second-order valence-electron chi connectivity index (χ2n) is 5.42. The van der Waals surface area contributed by atoms with Crippen molar-refractivity contribution in [3.8, 4) is 0 Å². The van der Waals surface area contributed by atoms with E-state index >= 15 is 0 Å². The fourth-order valence-corrected chi connectivity index (χ4v) is 2.62. The molecule has 2 aromatic rings. The average Bonchev–Trinajstić information content (AvgIpc) is 2.47. The minimum absolute atomic E-state index is 1.10. The predicted octanol–water partition coefficient (Wildman–Crippen LogP) is 5.93. The molecular weight excluding hydrogens is 240 g/mol. The van der Waals surface area contributed by atoms with Crippen molar-refractivity contribution in [3.05, 3.63) is 76.4 Å². The summed E-state index contributed by atoms with van der Waals surface area (Å²) in [6.45, 7) is 8.78. The van der Waals surface area contributed by atoms with Gasteiger partial charge in [0.25, 0.3) is 0 Å². The molecule has 0 aliphatic heterocycles. The second-order valence-corrected chi connectivity index (χ2v) is 5.42. The van der Waals surface area contributed by atoms with Crippen molar-refractivity contribution >= 4 is 5.57 Å². The second kappa shape index (κ2) is 6.56. The van der Waals surface area contributed by atoms with Crippen LogP contribution in [0.25, 0.3) is 5.57 Å². The summed E-state index contributed by atoms with van der Waals surface area (Å²) in [5, 5.41) is 0. The molecule has 0 aromatic heterocycles. The van der Waals surface area contributed by atoms with Gasteiger partial charge >= 0.3 is 0 Å². The van der Waals surface area contributed by atoms with Gasteiger partial charge in [0.05, 0.1) is 0 Å². The summed E-state index contributed by atoms with van der Waals surface area (Å²) in [5.41, 5.74) is 8.22. The summed E-state index contributed by atoms with van der Waals surface area (Å²) in [6, 6.07) is 17.8. The summed E-state index contributed by atoms with van der Waals surface area (Å²) in [6.07, 6.45) is 2.21. The Labute approximate surface area is 123 Å². The number of benzene rings is 2. The highest BCUT2D eigenvalue weighted by atomic mass is 14.1. The zero-order valence-corrected chi connectivity index (χ0v) is 13.0. The van der Waals surface area contributed by atoms with E-state index in [-0.39, 0.29) is 0 Å². The number of hydrogen-bond donors (Lipinski definition) is 0. The lowest BCUT2D eigenvalue weighted by molar-refractivity contribution is 0.981. The molecule has 0 nitrogen and oxygen atoms in total. The van der Waals surface area contributed by atoms with Crippen molar-refractivity contribution in [1.29, 1.82) is 0 Å². The molecule has 0 atom stereocenters. The molecule has 0 fully saturated rings. The van der Waals surface area contributed by atoms with E-state index in [1.165, 1.54) is 33.4 Å².